The third-order valence-electron chi connectivity index (χ3n) is 2.84. The van der Waals surface area contributed by atoms with E-state index in [0.29, 0.717) is 0 Å². The topological polar surface area (TPSA) is 20.3 Å². The molecule has 0 aromatic heterocycles. The third-order valence-corrected chi connectivity index (χ3v) is 5.96. The van der Waals surface area contributed by atoms with Crippen LogP contribution in [-0.4, -0.2) is 24.5 Å². The molecule has 0 N–H and O–H groups in total. The maximum atomic E-state index is 12.0. The van der Waals surface area contributed by atoms with Crippen LogP contribution in [0.15, 0.2) is 47.0 Å². The molecule has 104 valence electrons. The van der Waals surface area contributed by atoms with E-state index in [-0.39, 0.29) is 5.12 Å². The van der Waals surface area contributed by atoms with Crippen molar-refractivity contribution in [2.45, 2.75) is 38.4 Å². The molecule has 0 saturated heterocycles. The molecule has 0 fully saturated rings. The van der Waals surface area contributed by atoms with E-state index in [2.05, 4.69) is 31.1 Å². The summed E-state index contributed by atoms with van der Waals surface area (Å²) < 4.78 is 2.37. The number of carbonyl (C=O) groups excluding carboxylic acids is 1. The van der Waals surface area contributed by atoms with Crippen LogP contribution in [0.1, 0.15) is 13.8 Å². The average molecular weight is 294 g/mol. The largest absolute Gasteiger partial charge is 0.402 e. The number of benzene rings is 1. The molecule has 0 spiro atoms. The highest BCUT2D eigenvalue weighted by Gasteiger charge is 2.22. The van der Waals surface area contributed by atoms with Crippen molar-refractivity contribution >= 4 is 25.1 Å². The summed E-state index contributed by atoms with van der Waals surface area (Å²) in [7, 11) is -1.41. The van der Waals surface area contributed by atoms with E-state index >= 15 is 0 Å². The van der Waals surface area contributed by atoms with E-state index in [4.69, 9.17) is 0 Å². The number of allylic oxidation sites excluding steroid dienone is 1. The highest BCUT2D eigenvalue weighted by molar-refractivity contribution is 8.14. The van der Waals surface area contributed by atoms with Gasteiger partial charge in [0.05, 0.1) is 0 Å². The molecule has 0 aliphatic rings. The molecule has 0 aliphatic carbocycles. The van der Waals surface area contributed by atoms with Gasteiger partial charge >= 0.3 is 0 Å². The molecule has 0 heterocycles. The second-order valence-corrected chi connectivity index (χ2v) is 11.4. The molecular formula is C15H23NOSSi. The molecule has 1 aromatic carbocycles. The Bertz CT molecular complexity index is 451. The fourth-order valence-electron chi connectivity index (χ4n) is 2.14. The first-order chi connectivity index (χ1) is 8.84. The normalized spacial score (nSPS) is 12.4. The van der Waals surface area contributed by atoms with Gasteiger partial charge in [0.25, 0.3) is 0 Å². The van der Waals surface area contributed by atoms with Crippen LogP contribution in [0, 0.1) is 0 Å². The van der Waals surface area contributed by atoms with Gasteiger partial charge in [0, 0.05) is 23.2 Å². The minimum absolute atomic E-state index is 0.0976. The number of thioether (sulfide) groups is 1. The Labute approximate surface area is 122 Å². The predicted octanol–water partition coefficient (Wildman–Crippen LogP) is 4.37. The van der Waals surface area contributed by atoms with Gasteiger partial charge in [-0.05, 0) is 37.7 Å². The smallest absolute Gasteiger partial charge is 0.218 e. The zero-order chi connectivity index (χ0) is 14.5. The number of hydrogen-bond acceptors (Lipinski definition) is 3. The predicted molar refractivity (Wildman–Crippen MR) is 86.8 cm³/mol. The standard InChI is InChI=1S/C15H23NOSSi/c1-6-16(19(3,4)5)13(2)12-15(17)18-14-10-8-7-9-11-14/h7-12H,6H2,1-5H3/b13-12-. The van der Waals surface area contributed by atoms with Crippen LogP contribution in [0.2, 0.25) is 19.6 Å². The van der Waals surface area contributed by atoms with Crippen molar-refractivity contribution in [3.8, 4) is 0 Å². The molecular weight excluding hydrogens is 270 g/mol. The zero-order valence-electron chi connectivity index (χ0n) is 12.4. The molecule has 1 rings (SSSR count). The first-order valence-corrected chi connectivity index (χ1v) is 10.8. The maximum Gasteiger partial charge on any atom is 0.218 e. The van der Waals surface area contributed by atoms with Gasteiger partial charge in [0.2, 0.25) is 5.12 Å². The van der Waals surface area contributed by atoms with Crippen LogP contribution >= 0.6 is 11.8 Å². The molecule has 2 nitrogen and oxygen atoms in total. The summed E-state index contributed by atoms with van der Waals surface area (Å²) in [6.45, 7) is 12.0. The Hall–Kier alpha value is -1.00. The van der Waals surface area contributed by atoms with Gasteiger partial charge in [-0.1, -0.05) is 37.8 Å². The molecule has 0 bridgehead atoms. The van der Waals surface area contributed by atoms with Crippen molar-refractivity contribution in [2.24, 2.45) is 0 Å². The SMILES string of the molecule is CCN(/C(C)=C\C(=O)Sc1ccccc1)[Si](C)(C)C. The van der Waals surface area contributed by atoms with Crippen LogP contribution in [-0.2, 0) is 4.79 Å². The van der Waals surface area contributed by atoms with Crippen LogP contribution < -0.4 is 0 Å². The average Bonchev–Trinajstić information content (AvgIpc) is 2.28. The van der Waals surface area contributed by atoms with Gasteiger partial charge in [0.15, 0.2) is 0 Å². The Morgan fingerprint density at radius 1 is 1.26 bits per heavy atom. The summed E-state index contributed by atoms with van der Waals surface area (Å²) in [4.78, 5) is 13.0. The van der Waals surface area contributed by atoms with Crippen LogP contribution in [0.4, 0.5) is 0 Å². The highest BCUT2D eigenvalue weighted by Crippen LogP contribution is 2.21. The first-order valence-electron chi connectivity index (χ1n) is 6.57. The number of rotatable bonds is 5. The van der Waals surface area contributed by atoms with Crippen molar-refractivity contribution in [2.75, 3.05) is 6.54 Å². The molecule has 0 unspecified atom stereocenters. The van der Waals surface area contributed by atoms with Crippen molar-refractivity contribution < 1.29 is 4.79 Å². The maximum absolute atomic E-state index is 12.0. The minimum Gasteiger partial charge on any atom is -0.402 e. The Morgan fingerprint density at radius 3 is 2.32 bits per heavy atom. The molecule has 0 aliphatic heterocycles. The summed E-state index contributed by atoms with van der Waals surface area (Å²) in [5, 5.41) is 0.0976. The van der Waals surface area contributed by atoms with Gasteiger partial charge in [-0.3, -0.25) is 4.79 Å². The van der Waals surface area contributed by atoms with Crippen molar-refractivity contribution in [3.63, 3.8) is 0 Å². The summed E-state index contributed by atoms with van der Waals surface area (Å²) >= 11 is 1.28. The molecule has 19 heavy (non-hydrogen) atoms. The van der Waals surface area contributed by atoms with Crippen molar-refractivity contribution in [1.82, 2.24) is 4.57 Å². The van der Waals surface area contributed by atoms with Crippen LogP contribution in [0.25, 0.3) is 0 Å². The molecule has 4 heteroatoms. The lowest BCUT2D eigenvalue weighted by Crippen LogP contribution is -2.44. The molecule has 0 amide bonds. The Kier molecular flexibility index (Phi) is 5.88. The van der Waals surface area contributed by atoms with E-state index in [0.717, 1.165) is 17.1 Å². The minimum atomic E-state index is -1.41. The molecule has 0 saturated carbocycles. The highest BCUT2D eigenvalue weighted by atomic mass is 32.2. The fourth-order valence-corrected chi connectivity index (χ4v) is 4.96. The monoisotopic (exact) mass is 293 g/mol. The summed E-state index contributed by atoms with van der Waals surface area (Å²) in [5.74, 6) is 0. The van der Waals surface area contributed by atoms with E-state index in [1.807, 2.05) is 37.3 Å². The van der Waals surface area contributed by atoms with E-state index < -0.39 is 8.24 Å². The lowest BCUT2D eigenvalue weighted by molar-refractivity contribution is -0.107. The zero-order valence-corrected chi connectivity index (χ0v) is 14.3. The second-order valence-electron chi connectivity index (χ2n) is 5.43. The first kappa shape index (κ1) is 16.1. The third kappa shape index (κ3) is 5.24. The number of hydrogen-bond donors (Lipinski definition) is 0. The fraction of sp³-hybridized carbons (Fsp3) is 0.400. The second kappa shape index (κ2) is 6.96. The van der Waals surface area contributed by atoms with Gasteiger partial charge in [-0.25, -0.2) is 0 Å². The lowest BCUT2D eigenvalue weighted by Gasteiger charge is -2.35. The van der Waals surface area contributed by atoms with Crippen LogP contribution in [0.5, 0.6) is 0 Å². The van der Waals surface area contributed by atoms with Gasteiger partial charge in [-0.2, -0.15) is 0 Å². The van der Waals surface area contributed by atoms with Gasteiger partial charge in [-0.15, -0.1) is 0 Å². The van der Waals surface area contributed by atoms with Crippen LogP contribution in [0.3, 0.4) is 0 Å². The Balaban J connectivity index is 2.75. The quantitative estimate of drug-likeness (QED) is 0.457. The molecule has 1 aromatic rings. The lowest BCUT2D eigenvalue weighted by atomic mass is 10.4. The molecule has 0 radical (unpaired) electrons. The number of carbonyl (C=O) groups is 1. The molecule has 0 atom stereocenters. The van der Waals surface area contributed by atoms with Gasteiger partial charge in [0.1, 0.15) is 8.24 Å². The van der Waals surface area contributed by atoms with E-state index in [1.54, 1.807) is 6.08 Å². The van der Waals surface area contributed by atoms with E-state index in [9.17, 15) is 4.79 Å². The Morgan fingerprint density at radius 2 is 1.84 bits per heavy atom. The van der Waals surface area contributed by atoms with Gasteiger partial charge < -0.3 is 4.57 Å². The summed E-state index contributed by atoms with van der Waals surface area (Å²) in [5.41, 5.74) is 1.08. The summed E-state index contributed by atoms with van der Waals surface area (Å²) in [6, 6.07) is 9.78. The van der Waals surface area contributed by atoms with Crippen molar-refractivity contribution in [3.05, 3.63) is 42.1 Å². The number of nitrogens with zero attached hydrogens (tertiary/aromatic N) is 1. The van der Waals surface area contributed by atoms with Crippen molar-refractivity contribution in [1.29, 1.82) is 0 Å². The van der Waals surface area contributed by atoms with E-state index in [1.165, 1.54) is 11.8 Å². The summed E-state index contributed by atoms with van der Waals surface area (Å²) in [6.07, 6.45) is 1.76.